The van der Waals surface area contributed by atoms with Crippen molar-refractivity contribution >= 4 is 22.8 Å². The van der Waals surface area contributed by atoms with E-state index in [0.29, 0.717) is 12.3 Å². The van der Waals surface area contributed by atoms with Crippen LogP contribution >= 0.6 is 11.6 Å². The van der Waals surface area contributed by atoms with Crippen LogP contribution in [0.15, 0.2) is 18.2 Å². The highest BCUT2D eigenvalue weighted by Crippen LogP contribution is 2.25. The highest BCUT2D eigenvalue weighted by Gasteiger charge is 2.18. The molecule has 0 spiro atoms. The van der Waals surface area contributed by atoms with Crippen molar-refractivity contribution in [1.82, 2.24) is 19.3 Å². The second kappa shape index (κ2) is 5.15. The number of benzene rings is 1. The van der Waals surface area contributed by atoms with Gasteiger partial charge in [0.15, 0.2) is 5.65 Å². The molecule has 0 bridgehead atoms. The first-order valence-electron chi connectivity index (χ1n) is 6.75. The molecule has 110 valence electrons. The van der Waals surface area contributed by atoms with E-state index in [4.69, 9.17) is 11.6 Å². The zero-order valence-corrected chi connectivity index (χ0v) is 12.9. The number of aryl methyl sites for hydroxylation is 4. The fourth-order valence-electron chi connectivity index (χ4n) is 2.69. The first-order chi connectivity index (χ1) is 10.0. The lowest BCUT2D eigenvalue weighted by Gasteiger charge is -2.10. The number of nitrogens with zero attached hydrogens (tertiary/aromatic N) is 4. The Morgan fingerprint density at radius 1 is 1.24 bits per heavy atom. The van der Waals surface area contributed by atoms with E-state index in [0.717, 1.165) is 33.9 Å². The molecule has 0 saturated carbocycles. The van der Waals surface area contributed by atoms with E-state index in [1.165, 1.54) is 12.1 Å². The van der Waals surface area contributed by atoms with E-state index in [9.17, 15) is 4.39 Å². The number of hydrogen-bond acceptors (Lipinski definition) is 2. The predicted molar refractivity (Wildman–Crippen MR) is 81.7 cm³/mol. The molecule has 0 fully saturated rings. The van der Waals surface area contributed by atoms with Crippen molar-refractivity contribution < 1.29 is 4.39 Å². The van der Waals surface area contributed by atoms with Gasteiger partial charge in [0.1, 0.15) is 17.2 Å². The van der Waals surface area contributed by atoms with Crippen molar-refractivity contribution in [3.8, 4) is 5.69 Å². The van der Waals surface area contributed by atoms with Gasteiger partial charge >= 0.3 is 0 Å². The van der Waals surface area contributed by atoms with Crippen molar-refractivity contribution in [2.45, 2.75) is 20.3 Å². The molecule has 0 radical (unpaired) electrons. The molecular formula is C15H16ClFN4. The molecule has 21 heavy (non-hydrogen) atoms. The molecule has 4 nitrogen and oxygen atoms in total. The van der Waals surface area contributed by atoms with Crippen LogP contribution in [0.5, 0.6) is 0 Å². The van der Waals surface area contributed by atoms with Crippen LogP contribution in [0.2, 0.25) is 0 Å². The molecule has 2 heterocycles. The monoisotopic (exact) mass is 306 g/mol. The summed E-state index contributed by atoms with van der Waals surface area (Å²) in [6.45, 7) is 3.79. The second-order valence-corrected chi connectivity index (χ2v) is 5.55. The van der Waals surface area contributed by atoms with Crippen molar-refractivity contribution in [2.75, 3.05) is 5.88 Å². The summed E-state index contributed by atoms with van der Waals surface area (Å²) >= 11 is 5.88. The molecule has 0 aliphatic carbocycles. The van der Waals surface area contributed by atoms with Crippen LogP contribution in [0.4, 0.5) is 4.39 Å². The topological polar surface area (TPSA) is 35.6 Å². The van der Waals surface area contributed by atoms with E-state index in [-0.39, 0.29) is 5.82 Å². The maximum absolute atomic E-state index is 13.8. The Balaban J connectivity index is 2.35. The fourth-order valence-corrected chi connectivity index (χ4v) is 2.86. The molecule has 6 heteroatoms. The summed E-state index contributed by atoms with van der Waals surface area (Å²) < 4.78 is 17.5. The number of rotatable bonds is 3. The summed E-state index contributed by atoms with van der Waals surface area (Å²) in [5.74, 6) is 1.02. The van der Waals surface area contributed by atoms with Gasteiger partial charge in [-0.25, -0.2) is 14.1 Å². The van der Waals surface area contributed by atoms with Crippen LogP contribution in [0.25, 0.3) is 16.9 Å². The Labute approximate surface area is 127 Å². The lowest BCUT2D eigenvalue weighted by atomic mass is 10.2. The minimum Gasteiger partial charge on any atom is -0.281 e. The third-order valence-corrected chi connectivity index (χ3v) is 3.66. The van der Waals surface area contributed by atoms with Crippen molar-refractivity contribution in [3.05, 3.63) is 41.1 Å². The Bertz CT molecular complexity index is 799. The third-order valence-electron chi connectivity index (χ3n) is 3.47. The molecule has 2 aromatic heterocycles. The van der Waals surface area contributed by atoms with Crippen LogP contribution in [-0.2, 0) is 13.5 Å². The molecule has 0 atom stereocenters. The summed E-state index contributed by atoms with van der Waals surface area (Å²) in [6, 6.07) is 4.95. The zero-order chi connectivity index (χ0) is 15.1. The quantitative estimate of drug-likeness (QED) is 0.696. The third kappa shape index (κ3) is 2.31. The standard InChI is InChI=1S/C15H16ClFN4/c1-9-6-11(17)8-12(7-9)21-13(4-5-16)18-14-10(2)19-20(3)15(14)21/h6-8H,4-5H2,1-3H3. The summed E-state index contributed by atoms with van der Waals surface area (Å²) in [6.07, 6.45) is 0.616. The van der Waals surface area contributed by atoms with Crippen LogP contribution in [0.3, 0.4) is 0 Å². The van der Waals surface area contributed by atoms with Gasteiger partial charge in [-0.15, -0.1) is 11.6 Å². The molecule has 0 saturated heterocycles. The molecule has 1 aromatic carbocycles. The van der Waals surface area contributed by atoms with E-state index in [1.807, 2.05) is 31.5 Å². The van der Waals surface area contributed by atoms with Crippen molar-refractivity contribution in [1.29, 1.82) is 0 Å². The van der Waals surface area contributed by atoms with Crippen LogP contribution in [0, 0.1) is 19.7 Å². The summed E-state index contributed by atoms with van der Waals surface area (Å²) in [5, 5.41) is 4.39. The van der Waals surface area contributed by atoms with Gasteiger partial charge < -0.3 is 0 Å². The predicted octanol–water partition coefficient (Wildman–Crippen LogP) is 3.30. The minimum atomic E-state index is -0.262. The highest BCUT2D eigenvalue weighted by atomic mass is 35.5. The highest BCUT2D eigenvalue weighted by molar-refractivity contribution is 6.17. The van der Waals surface area contributed by atoms with Gasteiger partial charge in [0, 0.05) is 19.3 Å². The lowest BCUT2D eigenvalue weighted by molar-refractivity contribution is 0.624. The second-order valence-electron chi connectivity index (χ2n) is 5.17. The molecule has 0 aliphatic rings. The SMILES string of the molecule is Cc1cc(F)cc(-n2c(CCCl)nc3c(C)nn(C)c32)c1. The van der Waals surface area contributed by atoms with E-state index < -0.39 is 0 Å². The van der Waals surface area contributed by atoms with Crippen molar-refractivity contribution in [2.24, 2.45) is 7.05 Å². The molecule has 0 unspecified atom stereocenters. The Hall–Kier alpha value is -1.88. The van der Waals surface area contributed by atoms with Gasteiger partial charge in [-0.1, -0.05) is 0 Å². The van der Waals surface area contributed by atoms with Crippen molar-refractivity contribution in [3.63, 3.8) is 0 Å². The smallest absolute Gasteiger partial charge is 0.163 e. The van der Waals surface area contributed by atoms with Gasteiger partial charge in [0.2, 0.25) is 0 Å². The van der Waals surface area contributed by atoms with Gasteiger partial charge in [-0.3, -0.25) is 4.57 Å². The molecule has 3 rings (SSSR count). The molecule has 0 N–H and O–H groups in total. The van der Waals surface area contributed by atoms with E-state index >= 15 is 0 Å². The average Bonchev–Trinajstić information content (AvgIpc) is 2.88. The fraction of sp³-hybridized carbons (Fsp3) is 0.333. The largest absolute Gasteiger partial charge is 0.281 e. The van der Waals surface area contributed by atoms with E-state index in [1.54, 1.807) is 4.68 Å². The van der Waals surface area contributed by atoms with Crippen LogP contribution in [-0.4, -0.2) is 25.2 Å². The number of aromatic nitrogens is 4. The number of hydrogen-bond donors (Lipinski definition) is 0. The van der Waals surface area contributed by atoms with E-state index in [2.05, 4.69) is 10.1 Å². The maximum atomic E-state index is 13.8. The number of fused-ring (bicyclic) bond motifs is 1. The number of imidazole rings is 1. The summed E-state index contributed by atoms with van der Waals surface area (Å²) in [7, 11) is 1.87. The van der Waals surface area contributed by atoms with Gasteiger partial charge in [0.05, 0.1) is 11.4 Å². The molecular weight excluding hydrogens is 291 g/mol. The summed E-state index contributed by atoms with van der Waals surface area (Å²) in [4.78, 5) is 4.63. The van der Waals surface area contributed by atoms with Gasteiger partial charge in [-0.2, -0.15) is 5.10 Å². The first-order valence-corrected chi connectivity index (χ1v) is 7.29. The molecule has 3 aromatic rings. The first kappa shape index (κ1) is 14.1. The zero-order valence-electron chi connectivity index (χ0n) is 12.2. The lowest BCUT2D eigenvalue weighted by Crippen LogP contribution is -2.06. The number of halogens is 2. The van der Waals surface area contributed by atoms with Gasteiger partial charge in [0.25, 0.3) is 0 Å². The Morgan fingerprint density at radius 2 is 2.00 bits per heavy atom. The molecule has 0 amide bonds. The summed E-state index contributed by atoms with van der Waals surface area (Å²) in [5.41, 5.74) is 4.16. The Morgan fingerprint density at radius 3 is 2.67 bits per heavy atom. The normalized spacial score (nSPS) is 11.5. The number of alkyl halides is 1. The average molecular weight is 307 g/mol. The maximum Gasteiger partial charge on any atom is 0.163 e. The van der Waals surface area contributed by atoms with Crippen LogP contribution < -0.4 is 0 Å². The Kier molecular flexibility index (Phi) is 3.45. The van der Waals surface area contributed by atoms with Crippen LogP contribution in [0.1, 0.15) is 17.1 Å². The molecule has 0 aliphatic heterocycles. The van der Waals surface area contributed by atoms with Gasteiger partial charge in [-0.05, 0) is 37.6 Å². The minimum absolute atomic E-state index is 0.262.